The quantitative estimate of drug-likeness (QED) is 0.461. The first-order chi connectivity index (χ1) is 16.2. The van der Waals surface area contributed by atoms with E-state index in [2.05, 4.69) is 15.6 Å². The molecule has 0 saturated carbocycles. The second kappa shape index (κ2) is 9.31. The minimum absolute atomic E-state index is 0.165. The van der Waals surface area contributed by atoms with Crippen LogP contribution in [0.4, 0.5) is 11.4 Å². The highest BCUT2D eigenvalue weighted by Gasteiger charge is 2.18. The maximum Gasteiger partial charge on any atom is 0.278 e. The van der Waals surface area contributed by atoms with Crippen LogP contribution in [-0.2, 0) is 16.1 Å². The minimum Gasteiger partial charge on any atom is -0.326 e. The van der Waals surface area contributed by atoms with Gasteiger partial charge in [0.05, 0.1) is 16.7 Å². The van der Waals surface area contributed by atoms with Gasteiger partial charge in [-0.05, 0) is 50.1 Å². The first kappa shape index (κ1) is 22.9. The fraction of sp³-hybridized carbons (Fsp3) is 0.185. The molecule has 0 fully saturated rings. The second-order valence-electron chi connectivity index (χ2n) is 8.39. The Kier molecular flexibility index (Phi) is 6.27. The van der Waals surface area contributed by atoms with E-state index in [1.807, 2.05) is 39.0 Å². The Morgan fingerprint density at radius 3 is 2.26 bits per heavy atom. The molecule has 0 spiro atoms. The number of carbonyl (C=O) groups is 2. The Morgan fingerprint density at radius 2 is 1.56 bits per heavy atom. The summed E-state index contributed by atoms with van der Waals surface area (Å²) in [7, 11) is 0. The van der Waals surface area contributed by atoms with Crippen LogP contribution in [0.1, 0.15) is 23.6 Å². The summed E-state index contributed by atoms with van der Waals surface area (Å²) >= 11 is 0. The normalized spacial score (nSPS) is 10.8. The lowest BCUT2D eigenvalue weighted by atomic mass is 10.1. The third-order valence-corrected chi connectivity index (χ3v) is 5.59. The summed E-state index contributed by atoms with van der Waals surface area (Å²) < 4.78 is 1.43. The summed E-state index contributed by atoms with van der Waals surface area (Å²) in [6.07, 6.45) is 0. The van der Waals surface area contributed by atoms with E-state index in [1.165, 1.54) is 11.5 Å². The number of anilines is 2. The van der Waals surface area contributed by atoms with Crippen molar-refractivity contribution in [1.82, 2.24) is 9.55 Å². The van der Waals surface area contributed by atoms with Crippen molar-refractivity contribution < 1.29 is 9.59 Å². The van der Waals surface area contributed by atoms with Crippen molar-refractivity contribution in [3.05, 3.63) is 87.7 Å². The van der Waals surface area contributed by atoms with Gasteiger partial charge in [0.1, 0.15) is 12.2 Å². The SMILES string of the molecule is CC(=O)Nc1ccccc1-c1nc2ccccc2n(CC(=O)Nc2c(C)cc(C)cc2C)c1=O. The van der Waals surface area contributed by atoms with E-state index >= 15 is 0 Å². The van der Waals surface area contributed by atoms with Crippen molar-refractivity contribution in [2.45, 2.75) is 34.2 Å². The Balaban J connectivity index is 1.80. The monoisotopic (exact) mass is 454 g/mol. The first-order valence-electron chi connectivity index (χ1n) is 11.0. The molecule has 0 saturated heterocycles. The third-order valence-electron chi connectivity index (χ3n) is 5.59. The van der Waals surface area contributed by atoms with Gasteiger partial charge >= 0.3 is 0 Å². The van der Waals surface area contributed by atoms with Gasteiger partial charge in [0.25, 0.3) is 5.56 Å². The van der Waals surface area contributed by atoms with E-state index in [0.29, 0.717) is 22.3 Å². The lowest BCUT2D eigenvalue weighted by Crippen LogP contribution is -2.30. The van der Waals surface area contributed by atoms with Gasteiger partial charge in [0.2, 0.25) is 11.8 Å². The summed E-state index contributed by atoms with van der Waals surface area (Å²) in [6.45, 7) is 7.13. The van der Waals surface area contributed by atoms with Crippen LogP contribution in [0.15, 0.2) is 65.5 Å². The number of nitrogens with zero attached hydrogens (tertiary/aromatic N) is 2. The number of carbonyl (C=O) groups excluding carboxylic acids is 2. The van der Waals surface area contributed by atoms with Gasteiger partial charge in [0, 0.05) is 18.2 Å². The molecule has 0 unspecified atom stereocenters. The molecule has 172 valence electrons. The van der Waals surface area contributed by atoms with E-state index in [1.54, 1.807) is 42.5 Å². The van der Waals surface area contributed by atoms with E-state index < -0.39 is 5.56 Å². The van der Waals surface area contributed by atoms with Crippen LogP contribution >= 0.6 is 0 Å². The highest BCUT2D eigenvalue weighted by Crippen LogP contribution is 2.26. The summed E-state index contributed by atoms with van der Waals surface area (Å²) in [5, 5.41) is 5.72. The van der Waals surface area contributed by atoms with Crippen LogP contribution in [0, 0.1) is 20.8 Å². The van der Waals surface area contributed by atoms with Crippen molar-refractivity contribution in [2.24, 2.45) is 0 Å². The number of aryl methyl sites for hydroxylation is 3. The summed E-state index contributed by atoms with van der Waals surface area (Å²) in [6, 6.07) is 18.2. The number of hydrogen-bond donors (Lipinski definition) is 2. The molecule has 34 heavy (non-hydrogen) atoms. The van der Waals surface area contributed by atoms with Crippen molar-refractivity contribution in [3.8, 4) is 11.3 Å². The molecule has 0 aliphatic heterocycles. The smallest absolute Gasteiger partial charge is 0.278 e. The Morgan fingerprint density at radius 1 is 0.912 bits per heavy atom. The molecular formula is C27H26N4O3. The largest absolute Gasteiger partial charge is 0.326 e. The number of rotatable bonds is 5. The zero-order valence-corrected chi connectivity index (χ0v) is 19.6. The van der Waals surface area contributed by atoms with Crippen LogP contribution in [0.3, 0.4) is 0 Å². The molecule has 7 nitrogen and oxygen atoms in total. The maximum atomic E-state index is 13.6. The minimum atomic E-state index is -0.413. The van der Waals surface area contributed by atoms with E-state index in [0.717, 1.165) is 22.4 Å². The summed E-state index contributed by atoms with van der Waals surface area (Å²) in [5.41, 5.74) is 5.65. The molecule has 1 aromatic heterocycles. The number of amides is 2. The van der Waals surface area contributed by atoms with Crippen LogP contribution in [0.5, 0.6) is 0 Å². The van der Waals surface area contributed by atoms with E-state index in [-0.39, 0.29) is 24.1 Å². The number of nitrogens with one attached hydrogen (secondary N) is 2. The molecule has 0 atom stereocenters. The van der Waals surface area contributed by atoms with Gasteiger partial charge in [0.15, 0.2) is 0 Å². The molecule has 4 aromatic rings. The van der Waals surface area contributed by atoms with Crippen molar-refractivity contribution in [1.29, 1.82) is 0 Å². The van der Waals surface area contributed by atoms with Gasteiger partial charge in [-0.1, -0.05) is 48.0 Å². The lowest BCUT2D eigenvalue weighted by Gasteiger charge is -2.16. The lowest BCUT2D eigenvalue weighted by molar-refractivity contribution is -0.117. The Hall–Kier alpha value is -4.26. The molecule has 1 heterocycles. The molecular weight excluding hydrogens is 428 g/mol. The number of para-hydroxylation sites is 3. The molecule has 3 aromatic carbocycles. The molecule has 4 rings (SSSR count). The maximum absolute atomic E-state index is 13.6. The molecule has 2 amide bonds. The third kappa shape index (κ3) is 4.59. The standard InChI is InChI=1S/C27H26N4O3/c1-16-13-17(2)25(18(3)14-16)30-24(33)15-31-23-12-8-7-11-22(23)29-26(27(31)34)20-9-5-6-10-21(20)28-19(4)32/h5-14H,15H2,1-4H3,(H,28,32)(H,30,33). The fourth-order valence-corrected chi connectivity index (χ4v) is 4.21. The highest BCUT2D eigenvalue weighted by atomic mass is 16.2. The number of benzene rings is 3. The number of hydrogen-bond acceptors (Lipinski definition) is 4. The topological polar surface area (TPSA) is 93.1 Å². The predicted molar refractivity (Wildman–Crippen MR) is 135 cm³/mol. The van der Waals surface area contributed by atoms with E-state index in [9.17, 15) is 14.4 Å². The summed E-state index contributed by atoms with van der Waals surface area (Å²) in [4.78, 5) is 42.9. The predicted octanol–water partition coefficient (Wildman–Crippen LogP) is 4.59. The van der Waals surface area contributed by atoms with Crippen LogP contribution < -0.4 is 16.2 Å². The molecule has 0 radical (unpaired) electrons. The molecule has 7 heteroatoms. The number of fused-ring (bicyclic) bond motifs is 1. The highest BCUT2D eigenvalue weighted by molar-refractivity contribution is 5.95. The number of aromatic nitrogens is 2. The molecule has 0 bridgehead atoms. The first-order valence-corrected chi connectivity index (χ1v) is 11.0. The summed E-state index contributed by atoms with van der Waals surface area (Å²) in [5.74, 6) is -0.564. The zero-order valence-electron chi connectivity index (χ0n) is 19.6. The van der Waals surface area contributed by atoms with Crippen LogP contribution in [0.2, 0.25) is 0 Å². The van der Waals surface area contributed by atoms with Crippen molar-refractivity contribution in [2.75, 3.05) is 10.6 Å². The zero-order chi connectivity index (χ0) is 24.4. The van der Waals surface area contributed by atoms with Gasteiger partial charge in [-0.15, -0.1) is 0 Å². The fourth-order valence-electron chi connectivity index (χ4n) is 4.21. The van der Waals surface area contributed by atoms with Crippen molar-refractivity contribution in [3.63, 3.8) is 0 Å². The molecule has 0 aliphatic carbocycles. The Labute approximate surface area is 197 Å². The van der Waals surface area contributed by atoms with Gasteiger partial charge in [-0.3, -0.25) is 19.0 Å². The van der Waals surface area contributed by atoms with Crippen LogP contribution in [-0.4, -0.2) is 21.4 Å². The molecule has 2 N–H and O–H groups in total. The Bertz CT molecular complexity index is 1460. The van der Waals surface area contributed by atoms with Gasteiger partial charge < -0.3 is 10.6 Å². The van der Waals surface area contributed by atoms with Gasteiger partial charge in [-0.2, -0.15) is 0 Å². The second-order valence-corrected chi connectivity index (χ2v) is 8.39. The van der Waals surface area contributed by atoms with Gasteiger partial charge in [-0.25, -0.2) is 4.98 Å². The average molecular weight is 455 g/mol. The molecule has 0 aliphatic rings. The van der Waals surface area contributed by atoms with E-state index in [4.69, 9.17) is 0 Å². The van der Waals surface area contributed by atoms with Crippen LogP contribution in [0.25, 0.3) is 22.3 Å². The average Bonchev–Trinajstić information content (AvgIpc) is 2.78. The van der Waals surface area contributed by atoms with Crippen molar-refractivity contribution >= 4 is 34.2 Å².